The Bertz CT molecular complexity index is 616. The largest absolute Gasteiger partial charge is 0.340 e. The molecule has 1 N–H and O–H groups in total. The van der Waals surface area contributed by atoms with Crippen molar-refractivity contribution in [2.45, 2.75) is 12.8 Å². The molecule has 1 aliphatic rings. The number of nitrogens with one attached hydrogen (secondary N) is 1. The summed E-state index contributed by atoms with van der Waals surface area (Å²) in [5.74, 6) is 0.700. The summed E-state index contributed by atoms with van der Waals surface area (Å²) in [4.78, 5) is 14.0. The molecular formula is C15H16BrN3O. The van der Waals surface area contributed by atoms with E-state index in [-0.39, 0.29) is 5.91 Å². The molecule has 0 unspecified atom stereocenters. The number of aromatic amines is 1. The zero-order valence-corrected chi connectivity index (χ0v) is 12.9. The summed E-state index contributed by atoms with van der Waals surface area (Å²) >= 11 is 3.41. The van der Waals surface area contributed by atoms with Crippen LogP contribution in [-0.4, -0.2) is 34.6 Å². The van der Waals surface area contributed by atoms with Gasteiger partial charge in [-0.3, -0.25) is 9.89 Å². The van der Waals surface area contributed by atoms with Crippen molar-refractivity contribution in [2.24, 2.45) is 5.92 Å². The lowest BCUT2D eigenvalue weighted by molar-refractivity contribution is 0.0783. The average Bonchev–Trinajstić information content (AvgIpc) is 3.12. The van der Waals surface area contributed by atoms with Crippen LogP contribution in [0, 0.1) is 5.92 Å². The van der Waals surface area contributed by atoms with Crippen LogP contribution >= 0.6 is 15.9 Å². The Morgan fingerprint density at radius 2 is 2.10 bits per heavy atom. The van der Waals surface area contributed by atoms with Gasteiger partial charge in [0, 0.05) is 23.6 Å². The average molecular weight is 334 g/mol. The first-order valence-corrected chi connectivity index (χ1v) is 7.49. The van der Waals surface area contributed by atoms with Crippen LogP contribution in [0.3, 0.4) is 0 Å². The van der Waals surface area contributed by atoms with Crippen molar-refractivity contribution in [3.05, 3.63) is 40.5 Å². The number of amides is 1. The van der Waals surface area contributed by atoms with Gasteiger partial charge in [0.05, 0.1) is 5.69 Å². The van der Waals surface area contributed by atoms with E-state index in [1.807, 2.05) is 37.4 Å². The maximum Gasteiger partial charge on any atom is 0.271 e. The summed E-state index contributed by atoms with van der Waals surface area (Å²) in [5, 5.41) is 7.07. The van der Waals surface area contributed by atoms with Crippen LogP contribution in [-0.2, 0) is 0 Å². The predicted molar refractivity (Wildman–Crippen MR) is 81.4 cm³/mol. The molecule has 4 nitrogen and oxygen atoms in total. The smallest absolute Gasteiger partial charge is 0.271 e. The van der Waals surface area contributed by atoms with Gasteiger partial charge in [0.25, 0.3) is 5.91 Å². The molecule has 1 fully saturated rings. The van der Waals surface area contributed by atoms with E-state index in [2.05, 4.69) is 26.1 Å². The van der Waals surface area contributed by atoms with Crippen molar-refractivity contribution < 1.29 is 4.79 Å². The molecule has 0 spiro atoms. The minimum atomic E-state index is 0.00719. The number of nitrogens with zero attached hydrogens (tertiary/aromatic N) is 2. The molecule has 1 aromatic heterocycles. The van der Waals surface area contributed by atoms with E-state index in [0.717, 1.165) is 22.3 Å². The SMILES string of the molecule is CN(CC1CC1)C(=O)c1cc(-c2ccc(Br)cc2)n[nH]1. The van der Waals surface area contributed by atoms with E-state index >= 15 is 0 Å². The van der Waals surface area contributed by atoms with Crippen LogP contribution in [0.5, 0.6) is 0 Å². The highest BCUT2D eigenvalue weighted by Gasteiger charge is 2.25. The molecule has 0 radical (unpaired) electrons. The van der Waals surface area contributed by atoms with Gasteiger partial charge in [0.2, 0.25) is 0 Å². The van der Waals surface area contributed by atoms with Gasteiger partial charge >= 0.3 is 0 Å². The van der Waals surface area contributed by atoms with Gasteiger partial charge in [-0.2, -0.15) is 5.10 Å². The lowest BCUT2D eigenvalue weighted by Gasteiger charge is -2.15. The molecule has 20 heavy (non-hydrogen) atoms. The van der Waals surface area contributed by atoms with E-state index in [4.69, 9.17) is 0 Å². The third-order valence-corrected chi connectivity index (χ3v) is 4.05. The minimum Gasteiger partial charge on any atom is -0.340 e. The highest BCUT2D eigenvalue weighted by Crippen LogP contribution is 2.29. The van der Waals surface area contributed by atoms with Crippen LogP contribution < -0.4 is 0 Å². The van der Waals surface area contributed by atoms with Crippen LogP contribution in [0.4, 0.5) is 0 Å². The Balaban J connectivity index is 1.75. The number of carbonyl (C=O) groups excluding carboxylic acids is 1. The first-order valence-electron chi connectivity index (χ1n) is 6.70. The third-order valence-electron chi connectivity index (χ3n) is 3.52. The molecule has 5 heteroatoms. The molecule has 104 valence electrons. The summed E-state index contributed by atoms with van der Waals surface area (Å²) in [5.41, 5.74) is 2.33. The highest BCUT2D eigenvalue weighted by molar-refractivity contribution is 9.10. The lowest BCUT2D eigenvalue weighted by atomic mass is 10.1. The number of hydrogen-bond donors (Lipinski definition) is 1. The van der Waals surface area contributed by atoms with Crippen molar-refractivity contribution >= 4 is 21.8 Å². The molecule has 1 amide bonds. The zero-order valence-electron chi connectivity index (χ0n) is 11.3. The Morgan fingerprint density at radius 1 is 1.40 bits per heavy atom. The van der Waals surface area contributed by atoms with Crippen LogP contribution in [0.25, 0.3) is 11.3 Å². The molecule has 1 aromatic carbocycles. The molecule has 2 aromatic rings. The molecule has 1 saturated carbocycles. The quantitative estimate of drug-likeness (QED) is 0.932. The van der Waals surface area contributed by atoms with Gasteiger partial charge in [-0.25, -0.2) is 0 Å². The number of halogens is 1. The topological polar surface area (TPSA) is 49.0 Å². The number of hydrogen-bond acceptors (Lipinski definition) is 2. The third kappa shape index (κ3) is 2.93. The predicted octanol–water partition coefficient (Wildman–Crippen LogP) is 3.32. The molecule has 0 aliphatic heterocycles. The Hall–Kier alpha value is -1.62. The second-order valence-electron chi connectivity index (χ2n) is 5.30. The Labute approximate surface area is 126 Å². The highest BCUT2D eigenvalue weighted by atomic mass is 79.9. The summed E-state index contributed by atoms with van der Waals surface area (Å²) in [6, 6.07) is 9.69. The first-order chi connectivity index (χ1) is 9.63. The van der Waals surface area contributed by atoms with Crippen molar-refractivity contribution in [1.29, 1.82) is 0 Å². The molecule has 3 rings (SSSR count). The zero-order chi connectivity index (χ0) is 14.1. The fourth-order valence-electron chi connectivity index (χ4n) is 2.18. The number of H-pyrrole nitrogens is 1. The minimum absolute atomic E-state index is 0.00719. The molecule has 1 aliphatic carbocycles. The molecule has 1 heterocycles. The van der Waals surface area contributed by atoms with Crippen molar-refractivity contribution in [3.8, 4) is 11.3 Å². The van der Waals surface area contributed by atoms with E-state index in [1.165, 1.54) is 12.8 Å². The summed E-state index contributed by atoms with van der Waals surface area (Å²) < 4.78 is 1.03. The maximum absolute atomic E-state index is 12.3. The van der Waals surface area contributed by atoms with E-state index in [9.17, 15) is 4.79 Å². The summed E-state index contributed by atoms with van der Waals surface area (Å²) in [6.45, 7) is 0.839. The van der Waals surface area contributed by atoms with Crippen molar-refractivity contribution in [2.75, 3.05) is 13.6 Å². The number of benzene rings is 1. The van der Waals surface area contributed by atoms with Crippen molar-refractivity contribution in [1.82, 2.24) is 15.1 Å². The fraction of sp³-hybridized carbons (Fsp3) is 0.333. The molecule has 0 bridgehead atoms. The van der Waals surface area contributed by atoms with Crippen LogP contribution in [0.15, 0.2) is 34.8 Å². The molecular weight excluding hydrogens is 318 g/mol. The number of carbonyl (C=O) groups is 1. The van der Waals surface area contributed by atoms with Crippen molar-refractivity contribution in [3.63, 3.8) is 0 Å². The van der Waals surface area contributed by atoms with Gasteiger partial charge in [0.15, 0.2) is 0 Å². The number of rotatable bonds is 4. The van der Waals surface area contributed by atoms with Gasteiger partial charge in [-0.1, -0.05) is 28.1 Å². The second kappa shape index (κ2) is 5.40. The van der Waals surface area contributed by atoms with E-state index in [1.54, 1.807) is 4.90 Å². The molecule has 0 atom stereocenters. The van der Waals surface area contributed by atoms with Crippen LogP contribution in [0.1, 0.15) is 23.3 Å². The normalized spacial score (nSPS) is 14.3. The molecule has 0 saturated heterocycles. The van der Waals surface area contributed by atoms with E-state index in [0.29, 0.717) is 11.6 Å². The first kappa shape index (κ1) is 13.4. The Morgan fingerprint density at radius 3 is 2.75 bits per heavy atom. The fourth-order valence-corrected chi connectivity index (χ4v) is 2.44. The van der Waals surface area contributed by atoms with Gasteiger partial charge in [-0.15, -0.1) is 0 Å². The number of aromatic nitrogens is 2. The van der Waals surface area contributed by atoms with E-state index < -0.39 is 0 Å². The standard InChI is InChI=1S/C15H16BrN3O/c1-19(9-10-2-3-10)15(20)14-8-13(17-18-14)11-4-6-12(16)7-5-11/h4-8,10H,2-3,9H2,1H3,(H,17,18). The van der Waals surface area contributed by atoms with Crippen LogP contribution in [0.2, 0.25) is 0 Å². The van der Waals surface area contributed by atoms with Gasteiger partial charge < -0.3 is 4.90 Å². The van der Waals surface area contributed by atoms with Gasteiger partial charge in [-0.05, 0) is 37.0 Å². The maximum atomic E-state index is 12.3. The Kier molecular flexibility index (Phi) is 3.61. The monoisotopic (exact) mass is 333 g/mol. The van der Waals surface area contributed by atoms with Gasteiger partial charge in [0.1, 0.15) is 5.69 Å². The summed E-state index contributed by atoms with van der Waals surface area (Å²) in [6.07, 6.45) is 2.48. The lowest BCUT2D eigenvalue weighted by Crippen LogP contribution is -2.28. The second-order valence-corrected chi connectivity index (χ2v) is 6.22. The summed E-state index contributed by atoms with van der Waals surface area (Å²) in [7, 11) is 1.85.